The molecule has 0 aromatic heterocycles. The zero-order chi connectivity index (χ0) is 15.4. The van der Waals surface area contributed by atoms with E-state index in [2.05, 4.69) is 0 Å². The Morgan fingerprint density at radius 3 is 2.48 bits per heavy atom. The quantitative estimate of drug-likeness (QED) is 0.675. The van der Waals surface area contributed by atoms with E-state index in [0.29, 0.717) is 5.56 Å². The van der Waals surface area contributed by atoms with Gasteiger partial charge in [-0.1, -0.05) is 6.07 Å². The lowest BCUT2D eigenvalue weighted by Crippen LogP contribution is -2.05. The molecule has 0 aliphatic rings. The summed E-state index contributed by atoms with van der Waals surface area (Å²) in [5, 5.41) is 19.5. The van der Waals surface area contributed by atoms with Gasteiger partial charge >= 0.3 is 5.97 Å². The molecule has 0 saturated heterocycles. The van der Waals surface area contributed by atoms with Gasteiger partial charge in [0.25, 0.3) is 5.69 Å². The van der Waals surface area contributed by atoms with Crippen molar-refractivity contribution < 1.29 is 24.0 Å². The molecule has 108 valence electrons. The molecule has 0 bridgehead atoms. The van der Waals surface area contributed by atoms with Gasteiger partial charge in [-0.05, 0) is 29.8 Å². The van der Waals surface area contributed by atoms with Crippen LogP contribution in [-0.2, 0) is 6.61 Å². The molecule has 0 saturated carbocycles. The molecule has 2 aromatic carbocycles. The van der Waals surface area contributed by atoms with Crippen molar-refractivity contribution in [2.45, 2.75) is 6.61 Å². The highest BCUT2D eigenvalue weighted by atomic mass is 19.1. The van der Waals surface area contributed by atoms with Crippen LogP contribution in [0.5, 0.6) is 5.75 Å². The number of benzene rings is 2. The van der Waals surface area contributed by atoms with E-state index in [1.54, 1.807) is 0 Å². The average molecular weight is 291 g/mol. The number of halogens is 1. The molecule has 7 heteroatoms. The Kier molecular flexibility index (Phi) is 4.13. The molecule has 6 nitrogen and oxygen atoms in total. The van der Waals surface area contributed by atoms with E-state index >= 15 is 0 Å². The molecule has 0 fully saturated rings. The smallest absolute Gasteiger partial charge is 0.339 e. The monoisotopic (exact) mass is 291 g/mol. The van der Waals surface area contributed by atoms with Crippen molar-refractivity contribution in [1.29, 1.82) is 0 Å². The van der Waals surface area contributed by atoms with E-state index < -0.39 is 16.7 Å². The lowest BCUT2D eigenvalue weighted by Gasteiger charge is -2.10. The van der Waals surface area contributed by atoms with Crippen LogP contribution in [0.2, 0.25) is 0 Å². The van der Waals surface area contributed by atoms with E-state index in [1.165, 1.54) is 36.4 Å². The van der Waals surface area contributed by atoms with Gasteiger partial charge in [0.05, 0.1) is 4.92 Å². The SMILES string of the molecule is O=C(O)c1cccc(F)c1OCc1ccc([N+](=O)[O-])cc1. The van der Waals surface area contributed by atoms with E-state index in [4.69, 9.17) is 9.84 Å². The van der Waals surface area contributed by atoms with Gasteiger partial charge in [0.1, 0.15) is 12.2 Å². The largest absolute Gasteiger partial charge is 0.485 e. The lowest BCUT2D eigenvalue weighted by molar-refractivity contribution is -0.384. The van der Waals surface area contributed by atoms with Crippen LogP contribution in [-0.4, -0.2) is 16.0 Å². The number of non-ortho nitro benzene ring substituents is 1. The van der Waals surface area contributed by atoms with Crippen molar-refractivity contribution in [3.63, 3.8) is 0 Å². The molecule has 2 aromatic rings. The summed E-state index contributed by atoms with van der Waals surface area (Å²) in [7, 11) is 0. The second kappa shape index (κ2) is 6.00. The van der Waals surface area contributed by atoms with Crippen LogP contribution in [0.15, 0.2) is 42.5 Å². The van der Waals surface area contributed by atoms with Gasteiger partial charge in [-0.2, -0.15) is 0 Å². The fourth-order valence-corrected chi connectivity index (χ4v) is 1.69. The molecule has 0 aliphatic carbocycles. The topological polar surface area (TPSA) is 89.7 Å². The van der Waals surface area contributed by atoms with Gasteiger partial charge in [-0.15, -0.1) is 0 Å². The van der Waals surface area contributed by atoms with E-state index in [-0.39, 0.29) is 23.6 Å². The van der Waals surface area contributed by atoms with Gasteiger partial charge in [0.2, 0.25) is 0 Å². The molecule has 0 spiro atoms. The normalized spacial score (nSPS) is 10.1. The van der Waals surface area contributed by atoms with Crippen molar-refractivity contribution >= 4 is 11.7 Å². The minimum absolute atomic E-state index is 0.0733. The standard InChI is InChI=1S/C14H10FNO5/c15-12-3-1-2-11(14(17)18)13(12)21-8-9-4-6-10(7-5-9)16(19)20/h1-7H,8H2,(H,17,18). The number of carboxylic acids is 1. The minimum atomic E-state index is -1.30. The number of aromatic carboxylic acids is 1. The maximum absolute atomic E-state index is 13.6. The number of nitro groups is 1. The van der Waals surface area contributed by atoms with Crippen molar-refractivity contribution in [1.82, 2.24) is 0 Å². The van der Waals surface area contributed by atoms with Crippen molar-refractivity contribution in [3.8, 4) is 5.75 Å². The lowest BCUT2D eigenvalue weighted by atomic mass is 10.2. The molecule has 21 heavy (non-hydrogen) atoms. The maximum atomic E-state index is 13.6. The number of nitrogens with zero attached hydrogens (tertiary/aromatic N) is 1. The highest BCUT2D eigenvalue weighted by Gasteiger charge is 2.15. The summed E-state index contributed by atoms with van der Waals surface area (Å²) in [6, 6.07) is 9.10. The number of nitro benzene ring substituents is 1. The highest BCUT2D eigenvalue weighted by molar-refractivity contribution is 5.90. The van der Waals surface area contributed by atoms with Crippen molar-refractivity contribution in [3.05, 3.63) is 69.5 Å². The van der Waals surface area contributed by atoms with Crippen LogP contribution in [0.25, 0.3) is 0 Å². The van der Waals surface area contributed by atoms with Crippen LogP contribution in [0.1, 0.15) is 15.9 Å². The first-order valence-electron chi connectivity index (χ1n) is 5.87. The van der Waals surface area contributed by atoms with E-state index in [0.717, 1.165) is 6.07 Å². The summed E-state index contributed by atoms with van der Waals surface area (Å²) in [6.45, 7) is -0.0980. The average Bonchev–Trinajstić information content (AvgIpc) is 2.46. The summed E-state index contributed by atoms with van der Waals surface area (Å²) in [5.74, 6) is -2.44. The number of para-hydroxylation sites is 1. The third kappa shape index (κ3) is 3.33. The summed E-state index contributed by atoms with van der Waals surface area (Å²) in [4.78, 5) is 21.0. The van der Waals surface area contributed by atoms with Crippen molar-refractivity contribution in [2.75, 3.05) is 0 Å². The maximum Gasteiger partial charge on any atom is 0.339 e. The number of carbonyl (C=O) groups is 1. The first kappa shape index (κ1) is 14.4. The summed E-state index contributed by atoms with van der Waals surface area (Å²) >= 11 is 0. The van der Waals surface area contributed by atoms with E-state index in [1.807, 2.05) is 0 Å². The minimum Gasteiger partial charge on any atom is -0.485 e. The molecular weight excluding hydrogens is 281 g/mol. The van der Waals surface area contributed by atoms with E-state index in [9.17, 15) is 19.3 Å². The number of carboxylic acid groups (broad SMARTS) is 1. The Balaban J connectivity index is 2.16. The second-order valence-corrected chi connectivity index (χ2v) is 4.13. The zero-order valence-electron chi connectivity index (χ0n) is 10.7. The van der Waals surface area contributed by atoms with Gasteiger partial charge in [-0.3, -0.25) is 10.1 Å². The molecule has 0 atom stereocenters. The molecule has 0 heterocycles. The third-order valence-corrected chi connectivity index (χ3v) is 2.73. The highest BCUT2D eigenvalue weighted by Crippen LogP contribution is 2.24. The first-order chi connectivity index (χ1) is 9.99. The summed E-state index contributed by atoms with van der Waals surface area (Å²) in [6.07, 6.45) is 0. The first-order valence-corrected chi connectivity index (χ1v) is 5.87. The predicted octanol–water partition coefficient (Wildman–Crippen LogP) is 3.01. The van der Waals surface area contributed by atoms with Crippen molar-refractivity contribution in [2.24, 2.45) is 0 Å². The molecule has 0 aliphatic heterocycles. The molecule has 0 unspecified atom stereocenters. The zero-order valence-corrected chi connectivity index (χ0v) is 10.7. The second-order valence-electron chi connectivity index (χ2n) is 4.13. The molecule has 0 amide bonds. The Labute approximate surface area is 118 Å². The molecule has 2 rings (SSSR count). The summed E-state index contributed by atoms with van der Waals surface area (Å²) < 4.78 is 18.8. The fourth-order valence-electron chi connectivity index (χ4n) is 1.69. The predicted molar refractivity (Wildman–Crippen MR) is 70.8 cm³/mol. The van der Waals surface area contributed by atoms with Gasteiger partial charge in [0.15, 0.2) is 11.6 Å². The van der Waals surface area contributed by atoms with Crippen LogP contribution in [0, 0.1) is 15.9 Å². The summed E-state index contributed by atoms with van der Waals surface area (Å²) in [5.41, 5.74) is 0.202. The third-order valence-electron chi connectivity index (χ3n) is 2.73. The van der Waals surface area contributed by atoms with Crippen LogP contribution >= 0.6 is 0 Å². The molecular formula is C14H10FNO5. The Morgan fingerprint density at radius 1 is 1.24 bits per heavy atom. The van der Waals surface area contributed by atoms with Gasteiger partial charge in [0, 0.05) is 12.1 Å². The molecule has 1 N–H and O–H groups in total. The van der Waals surface area contributed by atoms with Gasteiger partial charge < -0.3 is 9.84 Å². The van der Waals surface area contributed by atoms with Crippen LogP contribution < -0.4 is 4.74 Å². The Hall–Kier alpha value is -2.96. The Bertz CT molecular complexity index is 684. The molecule has 0 radical (unpaired) electrons. The van der Waals surface area contributed by atoms with Crippen LogP contribution in [0.3, 0.4) is 0 Å². The van der Waals surface area contributed by atoms with Crippen LogP contribution in [0.4, 0.5) is 10.1 Å². The Morgan fingerprint density at radius 2 is 1.90 bits per heavy atom. The fraction of sp³-hybridized carbons (Fsp3) is 0.0714. The van der Waals surface area contributed by atoms with Gasteiger partial charge in [-0.25, -0.2) is 9.18 Å². The number of rotatable bonds is 5. The number of ether oxygens (including phenoxy) is 1. The number of hydrogen-bond acceptors (Lipinski definition) is 4. The number of hydrogen-bond donors (Lipinski definition) is 1.